The fraction of sp³-hybridized carbons (Fsp3) is 0.150. The number of anilines is 1. The average molecular weight is 436 g/mol. The Hall–Kier alpha value is -3.76. The number of hydrogen-bond donors (Lipinski definition) is 1. The molecule has 3 aromatic rings. The molecule has 0 bridgehead atoms. The third kappa shape index (κ3) is 3.74. The molecule has 31 heavy (non-hydrogen) atoms. The van der Waals surface area contributed by atoms with Gasteiger partial charge in [0, 0.05) is 0 Å². The maximum absolute atomic E-state index is 14.3. The number of alkyl halides is 3. The zero-order valence-corrected chi connectivity index (χ0v) is 15.7. The van der Waals surface area contributed by atoms with Crippen LogP contribution in [0.2, 0.25) is 0 Å². The summed E-state index contributed by atoms with van der Waals surface area (Å²) in [6, 6.07) is 8.04. The number of halogens is 5. The molecule has 1 aromatic heterocycles. The molecule has 1 aliphatic heterocycles. The topological polar surface area (TPSA) is 69.0 Å². The minimum Gasteiger partial charge on any atom is -0.465 e. The van der Waals surface area contributed by atoms with Crippen molar-refractivity contribution in [3.63, 3.8) is 0 Å². The van der Waals surface area contributed by atoms with E-state index in [1.54, 1.807) is 0 Å². The number of carbonyl (C=O) groups is 1. The predicted molar refractivity (Wildman–Crippen MR) is 98.9 cm³/mol. The van der Waals surface area contributed by atoms with Crippen molar-refractivity contribution in [2.24, 2.45) is 0 Å². The molecule has 0 aliphatic carbocycles. The van der Waals surface area contributed by atoms with Crippen LogP contribution in [0.15, 0.2) is 48.5 Å². The van der Waals surface area contributed by atoms with Gasteiger partial charge in [-0.05, 0) is 35.9 Å². The Labute approximate surface area is 172 Å². The molecule has 1 atom stereocenters. The van der Waals surface area contributed by atoms with Gasteiger partial charge in [0.15, 0.2) is 0 Å². The summed E-state index contributed by atoms with van der Waals surface area (Å²) >= 11 is 0. The molecular formula is C20H13F5N4O2. The second-order valence-corrected chi connectivity index (χ2v) is 6.56. The molecule has 1 aliphatic rings. The van der Waals surface area contributed by atoms with Gasteiger partial charge in [0.25, 0.3) is 5.82 Å². The summed E-state index contributed by atoms with van der Waals surface area (Å²) in [6.07, 6.45) is -3.49. The van der Waals surface area contributed by atoms with Crippen molar-refractivity contribution in [3.8, 4) is 0 Å². The number of fused-ring (bicyclic) bond motifs is 1. The lowest BCUT2D eigenvalue weighted by Crippen LogP contribution is -2.21. The van der Waals surface area contributed by atoms with Gasteiger partial charge in [-0.2, -0.15) is 18.2 Å². The summed E-state index contributed by atoms with van der Waals surface area (Å²) in [5.41, 5.74) is 0.0790. The quantitative estimate of drug-likeness (QED) is 0.487. The van der Waals surface area contributed by atoms with E-state index in [-0.39, 0.29) is 17.2 Å². The van der Waals surface area contributed by atoms with E-state index in [0.29, 0.717) is 5.56 Å². The van der Waals surface area contributed by atoms with Crippen LogP contribution in [0.4, 0.5) is 27.9 Å². The Morgan fingerprint density at radius 1 is 1.10 bits per heavy atom. The van der Waals surface area contributed by atoms with E-state index in [1.807, 2.05) is 0 Å². The van der Waals surface area contributed by atoms with Crippen LogP contribution in [0.5, 0.6) is 0 Å². The number of esters is 1. The minimum absolute atomic E-state index is 0.105. The molecule has 11 heteroatoms. The lowest BCUT2D eigenvalue weighted by atomic mass is 10.00. The zero-order chi connectivity index (χ0) is 22.3. The van der Waals surface area contributed by atoms with E-state index in [0.717, 1.165) is 16.8 Å². The Morgan fingerprint density at radius 2 is 1.74 bits per heavy atom. The summed E-state index contributed by atoms with van der Waals surface area (Å²) in [5.74, 6) is -4.14. The van der Waals surface area contributed by atoms with Crippen LogP contribution in [0.3, 0.4) is 0 Å². The first kappa shape index (κ1) is 20.5. The van der Waals surface area contributed by atoms with Crippen molar-refractivity contribution in [1.29, 1.82) is 0 Å². The lowest BCUT2D eigenvalue weighted by Gasteiger charge is -2.24. The summed E-state index contributed by atoms with van der Waals surface area (Å²) in [4.78, 5) is 15.1. The first-order chi connectivity index (χ1) is 14.7. The molecule has 0 saturated carbocycles. The first-order valence-corrected chi connectivity index (χ1v) is 8.84. The van der Waals surface area contributed by atoms with Crippen molar-refractivity contribution < 1.29 is 31.5 Å². The molecule has 4 rings (SSSR count). The SMILES string of the molecule is COC(=O)c1ccc([C@H]2C=C(c3c(F)cccc3F)Nc3nc(C(F)(F)F)nn32)cc1. The molecule has 0 spiro atoms. The average Bonchev–Trinajstić information content (AvgIpc) is 3.17. The van der Waals surface area contributed by atoms with Gasteiger partial charge in [-0.1, -0.05) is 18.2 Å². The molecule has 0 unspecified atom stereocenters. The number of benzene rings is 2. The number of aromatic nitrogens is 3. The number of hydrogen-bond acceptors (Lipinski definition) is 5. The van der Waals surface area contributed by atoms with Gasteiger partial charge in [0.2, 0.25) is 5.95 Å². The number of allylic oxidation sites excluding steroid dienone is 1. The third-order valence-electron chi connectivity index (χ3n) is 4.62. The van der Waals surface area contributed by atoms with Crippen molar-refractivity contribution >= 4 is 17.6 Å². The third-order valence-corrected chi connectivity index (χ3v) is 4.62. The highest BCUT2D eigenvalue weighted by Crippen LogP contribution is 2.36. The maximum atomic E-state index is 14.3. The zero-order valence-electron chi connectivity index (χ0n) is 15.7. The standard InChI is InChI=1S/C20H13F5N4O2/c1-31-17(30)11-7-5-10(6-8-11)15-9-14(16-12(21)3-2-4-13(16)22)26-19-27-18(20(23,24)25)28-29(15)19/h2-9,15H,1H3,(H,26,27,28)/t15-/m1/s1. The number of nitrogens with zero attached hydrogens (tertiary/aromatic N) is 3. The van der Waals surface area contributed by atoms with Gasteiger partial charge >= 0.3 is 12.1 Å². The van der Waals surface area contributed by atoms with Crippen LogP contribution >= 0.6 is 0 Å². The number of ether oxygens (including phenoxy) is 1. The highest BCUT2D eigenvalue weighted by Gasteiger charge is 2.39. The number of nitrogens with one attached hydrogen (secondary N) is 1. The molecule has 2 aromatic carbocycles. The summed E-state index contributed by atoms with van der Waals surface area (Å²) in [7, 11) is 1.21. The highest BCUT2D eigenvalue weighted by atomic mass is 19.4. The second kappa shape index (κ2) is 7.49. The minimum atomic E-state index is -4.82. The van der Waals surface area contributed by atoms with Crippen molar-refractivity contribution in [2.45, 2.75) is 12.2 Å². The van der Waals surface area contributed by atoms with Gasteiger partial charge < -0.3 is 10.1 Å². The molecule has 160 valence electrons. The van der Waals surface area contributed by atoms with Gasteiger partial charge in [0.05, 0.1) is 23.9 Å². The Bertz CT molecular complexity index is 1170. The lowest BCUT2D eigenvalue weighted by molar-refractivity contribution is -0.145. The van der Waals surface area contributed by atoms with E-state index < -0.39 is 41.2 Å². The van der Waals surface area contributed by atoms with Gasteiger partial charge in [0.1, 0.15) is 17.7 Å². The monoisotopic (exact) mass is 436 g/mol. The number of rotatable bonds is 3. The van der Waals surface area contributed by atoms with Gasteiger partial charge in [-0.15, -0.1) is 5.10 Å². The van der Waals surface area contributed by atoms with Gasteiger partial charge in [-0.25, -0.2) is 18.3 Å². The smallest absolute Gasteiger partial charge is 0.453 e. The number of methoxy groups -OCH3 is 1. The Morgan fingerprint density at radius 3 is 2.32 bits per heavy atom. The predicted octanol–water partition coefficient (Wildman–Crippen LogP) is 4.42. The molecule has 1 N–H and O–H groups in total. The van der Waals surface area contributed by atoms with E-state index in [9.17, 15) is 26.7 Å². The van der Waals surface area contributed by atoms with E-state index in [4.69, 9.17) is 0 Å². The fourth-order valence-corrected chi connectivity index (χ4v) is 3.19. The van der Waals surface area contributed by atoms with E-state index in [2.05, 4.69) is 20.1 Å². The maximum Gasteiger partial charge on any atom is 0.453 e. The highest BCUT2D eigenvalue weighted by molar-refractivity contribution is 5.89. The van der Waals surface area contributed by atoms with Crippen LogP contribution in [0.25, 0.3) is 5.70 Å². The molecule has 6 nitrogen and oxygen atoms in total. The molecule has 2 heterocycles. The summed E-state index contributed by atoms with van der Waals surface area (Å²) < 4.78 is 73.8. The largest absolute Gasteiger partial charge is 0.465 e. The van der Waals surface area contributed by atoms with Crippen LogP contribution in [-0.4, -0.2) is 27.8 Å². The first-order valence-electron chi connectivity index (χ1n) is 8.84. The van der Waals surface area contributed by atoms with Crippen LogP contribution in [0.1, 0.15) is 33.4 Å². The van der Waals surface area contributed by atoms with E-state index >= 15 is 0 Å². The normalized spacial score (nSPS) is 15.7. The second-order valence-electron chi connectivity index (χ2n) is 6.56. The van der Waals surface area contributed by atoms with Crippen molar-refractivity contribution in [1.82, 2.24) is 14.8 Å². The van der Waals surface area contributed by atoms with Gasteiger partial charge in [-0.3, -0.25) is 0 Å². The van der Waals surface area contributed by atoms with E-state index in [1.165, 1.54) is 43.5 Å². The van der Waals surface area contributed by atoms with Crippen LogP contribution in [-0.2, 0) is 10.9 Å². The molecule has 0 radical (unpaired) electrons. The fourth-order valence-electron chi connectivity index (χ4n) is 3.19. The molecule has 0 amide bonds. The van der Waals surface area contributed by atoms with Crippen LogP contribution < -0.4 is 5.32 Å². The van der Waals surface area contributed by atoms with Crippen LogP contribution in [0, 0.1) is 11.6 Å². The molecule has 0 saturated heterocycles. The van der Waals surface area contributed by atoms with Crippen molar-refractivity contribution in [2.75, 3.05) is 12.4 Å². The number of carbonyl (C=O) groups excluding carboxylic acids is 1. The Kier molecular flexibility index (Phi) is 4.96. The van der Waals surface area contributed by atoms with Crippen molar-refractivity contribution in [3.05, 3.63) is 82.7 Å². The summed E-state index contributed by atoms with van der Waals surface area (Å²) in [6.45, 7) is 0. The summed E-state index contributed by atoms with van der Waals surface area (Å²) in [5, 5.41) is 6.04. The molecule has 0 fully saturated rings. The Balaban J connectivity index is 1.85. The molecular weight excluding hydrogens is 423 g/mol.